The van der Waals surface area contributed by atoms with Crippen molar-refractivity contribution in [3.8, 4) is 0 Å². The van der Waals surface area contributed by atoms with E-state index >= 15 is 0 Å². The Kier molecular flexibility index (Phi) is 5.14. The molecule has 1 aromatic heterocycles. The highest BCUT2D eigenvalue weighted by molar-refractivity contribution is 7.92. The fourth-order valence-corrected chi connectivity index (χ4v) is 3.18. The van der Waals surface area contributed by atoms with E-state index in [0.29, 0.717) is 30.2 Å². The number of hydrogen-bond donors (Lipinski definition) is 2. The number of sulfonamides is 1. The van der Waals surface area contributed by atoms with Crippen LogP contribution in [0, 0.1) is 0 Å². The SMILES string of the molecule is CC(C)NCCCS(=O)(=O)Nc1cccc2cccnc12. The van der Waals surface area contributed by atoms with E-state index < -0.39 is 10.0 Å². The number of aromatic nitrogens is 1. The molecule has 21 heavy (non-hydrogen) atoms. The molecule has 0 atom stereocenters. The van der Waals surface area contributed by atoms with Gasteiger partial charge in [-0.05, 0) is 25.1 Å². The first-order chi connectivity index (χ1) is 9.98. The highest BCUT2D eigenvalue weighted by Gasteiger charge is 2.12. The van der Waals surface area contributed by atoms with E-state index in [1.807, 2.05) is 38.1 Å². The van der Waals surface area contributed by atoms with E-state index in [9.17, 15) is 8.42 Å². The van der Waals surface area contributed by atoms with Gasteiger partial charge in [-0.15, -0.1) is 0 Å². The van der Waals surface area contributed by atoms with Crippen LogP contribution in [0.4, 0.5) is 5.69 Å². The normalized spacial score (nSPS) is 12.0. The fraction of sp³-hybridized carbons (Fsp3) is 0.400. The van der Waals surface area contributed by atoms with Crippen molar-refractivity contribution in [3.63, 3.8) is 0 Å². The number of pyridine rings is 1. The van der Waals surface area contributed by atoms with Crippen molar-refractivity contribution in [1.82, 2.24) is 10.3 Å². The third kappa shape index (κ3) is 4.68. The summed E-state index contributed by atoms with van der Waals surface area (Å²) in [6.45, 7) is 4.76. The molecule has 0 aliphatic carbocycles. The molecule has 0 bridgehead atoms. The number of benzene rings is 1. The third-order valence-corrected chi connectivity index (χ3v) is 4.40. The van der Waals surface area contributed by atoms with Crippen LogP contribution in [0.5, 0.6) is 0 Å². The Labute approximate surface area is 125 Å². The maximum Gasteiger partial charge on any atom is 0.232 e. The molecule has 0 unspecified atom stereocenters. The summed E-state index contributed by atoms with van der Waals surface area (Å²) in [7, 11) is -3.35. The summed E-state index contributed by atoms with van der Waals surface area (Å²) in [6.07, 6.45) is 2.23. The van der Waals surface area contributed by atoms with Crippen LogP contribution in [0.3, 0.4) is 0 Å². The number of rotatable bonds is 7. The summed E-state index contributed by atoms with van der Waals surface area (Å²) in [6, 6.07) is 9.57. The van der Waals surface area contributed by atoms with Gasteiger partial charge in [-0.3, -0.25) is 9.71 Å². The van der Waals surface area contributed by atoms with Crippen LogP contribution in [0.1, 0.15) is 20.3 Å². The molecular weight excluding hydrogens is 286 g/mol. The van der Waals surface area contributed by atoms with Gasteiger partial charge in [0.25, 0.3) is 0 Å². The number of fused-ring (bicyclic) bond motifs is 1. The van der Waals surface area contributed by atoms with E-state index in [2.05, 4.69) is 15.0 Å². The summed E-state index contributed by atoms with van der Waals surface area (Å²) >= 11 is 0. The molecule has 0 aliphatic heterocycles. The second-order valence-electron chi connectivity index (χ2n) is 5.26. The van der Waals surface area contributed by atoms with E-state index in [-0.39, 0.29) is 5.75 Å². The van der Waals surface area contributed by atoms with Gasteiger partial charge in [-0.25, -0.2) is 8.42 Å². The zero-order valence-electron chi connectivity index (χ0n) is 12.3. The lowest BCUT2D eigenvalue weighted by Gasteiger charge is -2.11. The summed E-state index contributed by atoms with van der Waals surface area (Å²) in [5.41, 5.74) is 1.20. The van der Waals surface area contributed by atoms with Crippen LogP contribution in [0.25, 0.3) is 10.9 Å². The molecule has 2 N–H and O–H groups in total. The maximum atomic E-state index is 12.1. The Morgan fingerprint density at radius 1 is 1.19 bits per heavy atom. The Morgan fingerprint density at radius 2 is 1.95 bits per heavy atom. The van der Waals surface area contributed by atoms with Gasteiger partial charge in [0.2, 0.25) is 10.0 Å². The standard InChI is InChI=1S/C15H21N3O2S/c1-12(2)16-10-5-11-21(19,20)18-14-8-3-6-13-7-4-9-17-15(13)14/h3-4,6-9,12,16,18H,5,10-11H2,1-2H3. The second kappa shape index (κ2) is 6.87. The average Bonchev–Trinajstić information content (AvgIpc) is 2.44. The molecule has 0 fully saturated rings. The Hall–Kier alpha value is -1.66. The van der Waals surface area contributed by atoms with E-state index in [1.165, 1.54) is 0 Å². The smallest absolute Gasteiger partial charge is 0.232 e. The van der Waals surface area contributed by atoms with Gasteiger partial charge < -0.3 is 5.32 Å². The second-order valence-corrected chi connectivity index (χ2v) is 7.11. The van der Waals surface area contributed by atoms with Gasteiger partial charge in [0.05, 0.1) is 17.0 Å². The molecule has 1 aromatic carbocycles. The quantitative estimate of drug-likeness (QED) is 0.770. The van der Waals surface area contributed by atoms with Crippen molar-refractivity contribution in [2.24, 2.45) is 0 Å². The van der Waals surface area contributed by atoms with E-state index in [4.69, 9.17) is 0 Å². The van der Waals surface area contributed by atoms with E-state index in [0.717, 1.165) is 5.39 Å². The first-order valence-electron chi connectivity index (χ1n) is 7.05. The van der Waals surface area contributed by atoms with Crippen molar-refractivity contribution in [1.29, 1.82) is 0 Å². The molecule has 0 saturated carbocycles. The summed E-state index contributed by atoms with van der Waals surface area (Å²) in [4.78, 5) is 4.25. The molecule has 0 radical (unpaired) electrons. The lowest BCUT2D eigenvalue weighted by atomic mass is 10.2. The molecule has 2 rings (SSSR count). The predicted molar refractivity (Wildman–Crippen MR) is 86.9 cm³/mol. The fourth-order valence-electron chi connectivity index (χ4n) is 2.06. The maximum absolute atomic E-state index is 12.1. The molecule has 0 saturated heterocycles. The molecule has 0 amide bonds. The zero-order valence-corrected chi connectivity index (χ0v) is 13.2. The molecule has 114 valence electrons. The molecule has 0 spiro atoms. The Balaban J connectivity index is 2.05. The topological polar surface area (TPSA) is 71.1 Å². The first-order valence-corrected chi connectivity index (χ1v) is 8.71. The van der Waals surface area contributed by atoms with Crippen LogP contribution in [0.15, 0.2) is 36.5 Å². The van der Waals surface area contributed by atoms with Crippen LogP contribution >= 0.6 is 0 Å². The third-order valence-electron chi connectivity index (χ3n) is 3.04. The molecule has 1 heterocycles. The molecule has 2 aromatic rings. The van der Waals surface area contributed by atoms with Crippen molar-refractivity contribution < 1.29 is 8.42 Å². The van der Waals surface area contributed by atoms with Crippen molar-refractivity contribution in [2.75, 3.05) is 17.0 Å². The molecule has 5 nitrogen and oxygen atoms in total. The number of nitrogens with one attached hydrogen (secondary N) is 2. The predicted octanol–water partition coefficient (Wildman–Crippen LogP) is 2.36. The summed E-state index contributed by atoms with van der Waals surface area (Å²) in [5, 5.41) is 4.12. The van der Waals surface area contributed by atoms with Crippen molar-refractivity contribution in [3.05, 3.63) is 36.5 Å². The summed E-state index contributed by atoms with van der Waals surface area (Å²) < 4.78 is 26.9. The number of para-hydroxylation sites is 1. The van der Waals surface area contributed by atoms with Crippen LogP contribution < -0.4 is 10.0 Å². The lowest BCUT2D eigenvalue weighted by Crippen LogP contribution is -2.26. The van der Waals surface area contributed by atoms with Crippen LogP contribution in [-0.4, -0.2) is 31.7 Å². The van der Waals surface area contributed by atoms with Crippen molar-refractivity contribution in [2.45, 2.75) is 26.3 Å². The Bertz CT molecular complexity index is 694. The van der Waals surface area contributed by atoms with E-state index in [1.54, 1.807) is 12.3 Å². The number of hydrogen-bond acceptors (Lipinski definition) is 4. The minimum absolute atomic E-state index is 0.0932. The Morgan fingerprint density at radius 3 is 2.71 bits per heavy atom. The summed E-state index contributed by atoms with van der Waals surface area (Å²) in [5.74, 6) is 0.0932. The van der Waals surface area contributed by atoms with Crippen LogP contribution in [0.2, 0.25) is 0 Å². The number of anilines is 1. The van der Waals surface area contributed by atoms with Crippen molar-refractivity contribution >= 4 is 26.6 Å². The largest absolute Gasteiger partial charge is 0.314 e. The highest BCUT2D eigenvalue weighted by atomic mass is 32.2. The first kappa shape index (κ1) is 15.7. The monoisotopic (exact) mass is 307 g/mol. The minimum Gasteiger partial charge on any atom is -0.314 e. The average molecular weight is 307 g/mol. The van der Waals surface area contributed by atoms with Gasteiger partial charge in [-0.2, -0.15) is 0 Å². The highest BCUT2D eigenvalue weighted by Crippen LogP contribution is 2.21. The molecule has 0 aliphatic rings. The molecular formula is C15H21N3O2S. The van der Waals surface area contributed by atoms with Gasteiger partial charge in [0.15, 0.2) is 0 Å². The zero-order chi connectivity index (χ0) is 15.3. The van der Waals surface area contributed by atoms with Crippen LogP contribution in [-0.2, 0) is 10.0 Å². The number of nitrogens with zero attached hydrogens (tertiary/aromatic N) is 1. The van der Waals surface area contributed by atoms with Gasteiger partial charge >= 0.3 is 0 Å². The lowest BCUT2D eigenvalue weighted by molar-refractivity contribution is 0.571. The minimum atomic E-state index is -3.35. The van der Waals surface area contributed by atoms with Gasteiger partial charge in [-0.1, -0.05) is 32.0 Å². The molecule has 6 heteroatoms. The van der Waals surface area contributed by atoms with Gasteiger partial charge in [0.1, 0.15) is 0 Å². The van der Waals surface area contributed by atoms with Gasteiger partial charge in [0, 0.05) is 17.6 Å².